The maximum Gasteiger partial charge on any atom is 0.0882 e. The van der Waals surface area contributed by atoms with Gasteiger partial charge in [-0.2, -0.15) is 0 Å². The second kappa shape index (κ2) is 5.94. The van der Waals surface area contributed by atoms with Gasteiger partial charge in [0.1, 0.15) is 0 Å². The van der Waals surface area contributed by atoms with Crippen LogP contribution in [0.4, 0.5) is 0 Å². The van der Waals surface area contributed by atoms with E-state index in [-0.39, 0.29) is 6.10 Å². The van der Waals surface area contributed by atoms with Crippen molar-refractivity contribution in [3.63, 3.8) is 0 Å². The van der Waals surface area contributed by atoms with Crippen LogP contribution in [0.15, 0.2) is 0 Å². The molecule has 148 valence electrons. The molecule has 0 bridgehead atoms. The average Bonchev–Trinajstić information content (AvgIpc) is 3.27. The van der Waals surface area contributed by atoms with Gasteiger partial charge < -0.3 is 14.9 Å². The normalized spacial score (nSPS) is 59.0. The summed E-state index contributed by atoms with van der Waals surface area (Å²) in [7, 11) is 1.72. The molecule has 5 fully saturated rings. The standard InChI is InChI=1S/C23H38O3/c1-13(24)20-18-10-19(18)21-17-5-4-14-11-23(25,12-26-3)9-7-15(14)16(17)6-8-22(20,21)2/h13-21,24-25H,4-12H2,1-3H3/t13?,14-,15-,16+,17+,18-,19+,20?,21+,22+,23+/m0/s1. The van der Waals surface area contributed by atoms with E-state index in [1.807, 2.05) is 0 Å². The highest BCUT2D eigenvalue weighted by atomic mass is 16.5. The Balaban J connectivity index is 1.37. The second-order valence-corrected chi connectivity index (χ2v) is 11.1. The number of ether oxygens (including phenoxy) is 1. The largest absolute Gasteiger partial charge is 0.393 e. The quantitative estimate of drug-likeness (QED) is 0.801. The van der Waals surface area contributed by atoms with Gasteiger partial charge in [0.2, 0.25) is 0 Å². The van der Waals surface area contributed by atoms with Crippen molar-refractivity contribution in [2.75, 3.05) is 13.7 Å². The minimum absolute atomic E-state index is 0.133. The topological polar surface area (TPSA) is 49.7 Å². The Bertz CT molecular complexity index is 562. The van der Waals surface area contributed by atoms with Crippen LogP contribution in [0.3, 0.4) is 0 Å². The molecule has 0 aliphatic heterocycles. The molecule has 2 unspecified atom stereocenters. The first-order valence-corrected chi connectivity index (χ1v) is 11.3. The Hall–Kier alpha value is -0.120. The van der Waals surface area contributed by atoms with E-state index in [1.165, 1.54) is 38.5 Å². The van der Waals surface area contributed by atoms with E-state index in [9.17, 15) is 10.2 Å². The van der Waals surface area contributed by atoms with E-state index in [4.69, 9.17) is 4.74 Å². The molecule has 0 amide bonds. The lowest BCUT2D eigenvalue weighted by atomic mass is 9.47. The molecule has 11 atom stereocenters. The number of methoxy groups -OCH3 is 1. The molecule has 0 spiro atoms. The number of hydrogen-bond acceptors (Lipinski definition) is 3. The molecular formula is C23H38O3. The first-order chi connectivity index (χ1) is 12.4. The Labute approximate surface area is 158 Å². The summed E-state index contributed by atoms with van der Waals surface area (Å²) in [6, 6.07) is 0. The monoisotopic (exact) mass is 362 g/mol. The molecule has 5 saturated carbocycles. The van der Waals surface area contributed by atoms with Crippen molar-refractivity contribution in [2.24, 2.45) is 52.8 Å². The molecule has 0 saturated heterocycles. The van der Waals surface area contributed by atoms with Crippen molar-refractivity contribution >= 4 is 0 Å². The molecular weight excluding hydrogens is 324 g/mol. The van der Waals surface area contributed by atoms with Gasteiger partial charge in [-0.1, -0.05) is 6.92 Å². The lowest BCUT2D eigenvalue weighted by Gasteiger charge is -2.58. The summed E-state index contributed by atoms with van der Waals surface area (Å²) in [5, 5.41) is 21.4. The molecule has 3 nitrogen and oxygen atoms in total. The Morgan fingerprint density at radius 2 is 1.77 bits per heavy atom. The van der Waals surface area contributed by atoms with Crippen molar-refractivity contribution in [3.8, 4) is 0 Å². The summed E-state index contributed by atoms with van der Waals surface area (Å²) >= 11 is 0. The molecule has 3 heteroatoms. The van der Waals surface area contributed by atoms with Gasteiger partial charge in [-0.3, -0.25) is 0 Å². The third kappa shape index (κ3) is 2.42. The van der Waals surface area contributed by atoms with Crippen LogP contribution in [-0.4, -0.2) is 35.6 Å². The zero-order valence-corrected chi connectivity index (χ0v) is 16.9. The number of aliphatic hydroxyl groups is 2. The highest BCUT2D eigenvalue weighted by Crippen LogP contribution is 2.75. The highest BCUT2D eigenvalue weighted by molar-refractivity contribution is 5.18. The van der Waals surface area contributed by atoms with Gasteiger partial charge in [0.25, 0.3) is 0 Å². The summed E-state index contributed by atoms with van der Waals surface area (Å²) < 4.78 is 5.32. The maximum absolute atomic E-state index is 10.9. The van der Waals surface area contributed by atoms with E-state index in [1.54, 1.807) is 7.11 Å². The molecule has 0 heterocycles. The van der Waals surface area contributed by atoms with E-state index < -0.39 is 5.60 Å². The lowest BCUT2D eigenvalue weighted by molar-refractivity contribution is -0.133. The fourth-order valence-corrected chi connectivity index (χ4v) is 9.29. The Morgan fingerprint density at radius 1 is 1.00 bits per heavy atom. The minimum atomic E-state index is -0.571. The number of fused-ring (bicyclic) bond motifs is 7. The Morgan fingerprint density at radius 3 is 2.50 bits per heavy atom. The zero-order chi connectivity index (χ0) is 18.3. The summed E-state index contributed by atoms with van der Waals surface area (Å²) in [6.45, 7) is 5.08. The SMILES string of the molecule is COC[C@@]1(O)CC[C@H]2[C@@H](CC[C@@H]3[C@@H]2CC[C@]2(C)C(C(C)O)[C@H]4C[C@H]4[C@@H]32)C1. The van der Waals surface area contributed by atoms with Gasteiger partial charge >= 0.3 is 0 Å². The average molecular weight is 363 g/mol. The van der Waals surface area contributed by atoms with Crippen LogP contribution in [-0.2, 0) is 4.74 Å². The summed E-state index contributed by atoms with van der Waals surface area (Å²) in [5.41, 5.74) is -0.181. The number of hydrogen-bond donors (Lipinski definition) is 2. The summed E-state index contributed by atoms with van der Waals surface area (Å²) in [4.78, 5) is 0. The third-order valence-corrected chi connectivity index (χ3v) is 9.91. The molecule has 0 radical (unpaired) electrons. The molecule has 5 aliphatic carbocycles. The molecule has 5 aliphatic rings. The van der Waals surface area contributed by atoms with Crippen molar-refractivity contribution in [3.05, 3.63) is 0 Å². The number of aliphatic hydroxyl groups excluding tert-OH is 1. The van der Waals surface area contributed by atoms with E-state index in [0.29, 0.717) is 23.9 Å². The van der Waals surface area contributed by atoms with E-state index in [2.05, 4.69) is 13.8 Å². The van der Waals surface area contributed by atoms with Crippen LogP contribution in [0.2, 0.25) is 0 Å². The van der Waals surface area contributed by atoms with Gasteiger partial charge in [-0.05, 0) is 111 Å². The van der Waals surface area contributed by atoms with Crippen LogP contribution in [0, 0.1) is 52.8 Å². The lowest BCUT2D eigenvalue weighted by Crippen LogP contribution is -2.53. The first-order valence-electron chi connectivity index (χ1n) is 11.3. The van der Waals surface area contributed by atoms with Crippen LogP contribution in [0.25, 0.3) is 0 Å². The molecule has 0 aromatic rings. The van der Waals surface area contributed by atoms with Crippen molar-refractivity contribution < 1.29 is 14.9 Å². The van der Waals surface area contributed by atoms with Crippen LogP contribution >= 0.6 is 0 Å². The molecule has 5 rings (SSSR count). The first kappa shape index (κ1) is 17.9. The summed E-state index contributed by atoms with van der Waals surface area (Å²) in [5.74, 6) is 6.46. The molecule has 26 heavy (non-hydrogen) atoms. The van der Waals surface area contributed by atoms with Crippen LogP contribution < -0.4 is 0 Å². The van der Waals surface area contributed by atoms with Gasteiger partial charge in [0.05, 0.1) is 18.3 Å². The van der Waals surface area contributed by atoms with Crippen LogP contribution in [0.1, 0.15) is 65.2 Å². The fraction of sp³-hybridized carbons (Fsp3) is 1.00. The van der Waals surface area contributed by atoms with Crippen molar-refractivity contribution in [1.29, 1.82) is 0 Å². The van der Waals surface area contributed by atoms with Crippen LogP contribution in [0.5, 0.6) is 0 Å². The van der Waals surface area contributed by atoms with E-state index in [0.717, 1.165) is 48.3 Å². The molecule has 0 aromatic carbocycles. The third-order valence-electron chi connectivity index (χ3n) is 9.91. The van der Waals surface area contributed by atoms with Gasteiger partial charge in [-0.25, -0.2) is 0 Å². The maximum atomic E-state index is 10.9. The molecule has 2 N–H and O–H groups in total. The highest BCUT2D eigenvalue weighted by Gasteiger charge is 2.70. The van der Waals surface area contributed by atoms with Gasteiger partial charge in [0, 0.05) is 7.11 Å². The van der Waals surface area contributed by atoms with Gasteiger partial charge in [-0.15, -0.1) is 0 Å². The Kier molecular flexibility index (Phi) is 4.10. The fourth-order valence-electron chi connectivity index (χ4n) is 9.29. The molecule has 0 aromatic heterocycles. The second-order valence-electron chi connectivity index (χ2n) is 11.1. The van der Waals surface area contributed by atoms with E-state index >= 15 is 0 Å². The predicted octanol–water partition coefficient (Wildman–Crippen LogP) is 3.87. The van der Waals surface area contributed by atoms with Gasteiger partial charge in [0.15, 0.2) is 0 Å². The predicted molar refractivity (Wildman–Crippen MR) is 101 cm³/mol. The zero-order valence-electron chi connectivity index (χ0n) is 16.9. The smallest absolute Gasteiger partial charge is 0.0882 e. The number of rotatable bonds is 3. The van der Waals surface area contributed by atoms with Crippen molar-refractivity contribution in [2.45, 2.75) is 76.9 Å². The minimum Gasteiger partial charge on any atom is -0.393 e. The summed E-state index contributed by atoms with van der Waals surface area (Å²) in [6.07, 6.45) is 9.70. The van der Waals surface area contributed by atoms with Crippen molar-refractivity contribution in [1.82, 2.24) is 0 Å².